The van der Waals surface area contributed by atoms with Crippen molar-refractivity contribution in [2.24, 2.45) is 0 Å². The number of aromatic nitrogens is 1. The molecule has 0 spiro atoms. The number of nitrogen functional groups attached to an aromatic ring is 1. The molecule has 0 aliphatic rings. The molecule has 1 aromatic heterocycles. The first-order chi connectivity index (χ1) is 13.2. The van der Waals surface area contributed by atoms with Gasteiger partial charge in [0.05, 0.1) is 5.69 Å². The second-order valence-electron chi connectivity index (χ2n) is 5.86. The number of para-hydroxylation sites is 1. The molecule has 0 fully saturated rings. The highest BCUT2D eigenvalue weighted by Crippen LogP contribution is 2.37. The van der Waals surface area contributed by atoms with Crippen molar-refractivity contribution in [2.75, 3.05) is 11.1 Å². The van der Waals surface area contributed by atoms with Crippen molar-refractivity contribution in [2.45, 2.75) is 19.8 Å². The van der Waals surface area contributed by atoms with Crippen molar-refractivity contribution in [3.8, 4) is 17.2 Å². The Labute approximate surface area is 158 Å². The topological polar surface area (TPSA) is 86.5 Å². The Morgan fingerprint density at radius 3 is 2.59 bits per heavy atom. The minimum atomic E-state index is -0.338. The van der Waals surface area contributed by atoms with Crippen LogP contribution >= 0.6 is 0 Å². The van der Waals surface area contributed by atoms with Gasteiger partial charge in [-0.15, -0.1) is 0 Å². The zero-order chi connectivity index (χ0) is 19.1. The second kappa shape index (κ2) is 8.71. The average Bonchev–Trinajstić information content (AvgIpc) is 2.67. The van der Waals surface area contributed by atoms with Crippen LogP contribution in [0.25, 0.3) is 0 Å². The fourth-order valence-corrected chi connectivity index (χ4v) is 2.41. The first-order valence-electron chi connectivity index (χ1n) is 8.71. The number of anilines is 3. The number of ether oxygens (including phenoxy) is 2. The summed E-state index contributed by atoms with van der Waals surface area (Å²) in [7, 11) is 0. The maximum atomic E-state index is 11.8. The van der Waals surface area contributed by atoms with Crippen molar-refractivity contribution >= 4 is 23.2 Å². The summed E-state index contributed by atoms with van der Waals surface area (Å²) in [5.74, 6) is 1.65. The Kier molecular flexibility index (Phi) is 5.89. The third kappa shape index (κ3) is 4.98. The van der Waals surface area contributed by atoms with Crippen LogP contribution in [0, 0.1) is 0 Å². The van der Waals surface area contributed by atoms with Crippen LogP contribution in [0.1, 0.15) is 19.8 Å². The molecule has 0 amide bonds. The van der Waals surface area contributed by atoms with Gasteiger partial charge >= 0.3 is 5.97 Å². The summed E-state index contributed by atoms with van der Waals surface area (Å²) in [6.45, 7) is 1.91. The number of hydrogen-bond acceptors (Lipinski definition) is 6. The predicted octanol–water partition coefficient (Wildman–Crippen LogP) is 4.91. The van der Waals surface area contributed by atoms with E-state index in [0.717, 1.165) is 11.5 Å². The molecule has 138 valence electrons. The Hall–Kier alpha value is -3.54. The van der Waals surface area contributed by atoms with E-state index in [1.807, 2.05) is 49.4 Å². The van der Waals surface area contributed by atoms with Crippen molar-refractivity contribution in [1.29, 1.82) is 0 Å². The van der Waals surface area contributed by atoms with Crippen LogP contribution in [0.5, 0.6) is 17.2 Å². The monoisotopic (exact) mass is 363 g/mol. The van der Waals surface area contributed by atoms with Gasteiger partial charge in [-0.2, -0.15) is 0 Å². The van der Waals surface area contributed by atoms with Gasteiger partial charge in [0.2, 0.25) is 0 Å². The van der Waals surface area contributed by atoms with E-state index in [2.05, 4.69) is 10.3 Å². The van der Waals surface area contributed by atoms with Crippen LogP contribution in [0.3, 0.4) is 0 Å². The molecule has 0 unspecified atom stereocenters. The molecule has 6 nitrogen and oxygen atoms in total. The number of benzene rings is 2. The van der Waals surface area contributed by atoms with Crippen LogP contribution in [0.15, 0.2) is 66.9 Å². The van der Waals surface area contributed by atoms with Gasteiger partial charge in [0.1, 0.15) is 11.6 Å². The van der Waals surface area contributed by atoms with Gasteiger partial charge in [-0.25, -0.2) is 4.98 Å². The molecule has 2 aromatic carbocycles. The Morgan fingerprint density at radius 2 is 1.89 bits per heavy atom. The molecular formula is C21H21N3O3. The third-order valence-corrected chi connectivity index (χ3v) is 3.70. The highest BCUT2D eigenvalue weighted by molar-refractivity contribution is 5.76. The van der Waals surface area contributed by atoms with Crippen molar-refractivity contribution in [3.63, 3.8) is 0 Å². The van der Waals surface area contributed by atoms with Crippen LogP contribution < -0.4 is 20.5 Å². The number of nitrogens with one attached hydrogen (secondary N) is 1. The molecule has 0 bridgehead atoms. The van der Waals surface area contributed by atoms with E-state index < -0.39 is 0 Å². The first-order valence-corrected chi connectivity index (χ1v) is 8.71. The van der Waals surface area contributed by atoms with Gasteiger partial charge in [-0.05, 0) is 55.0 Å². The van der Waals surface area contributed by atoms with Crippen molar-refractivity contribution < 1.29 is 14.3 Å². The quantitative estimate of drug-likeness (QED) is 0.352. The number of nitrogens with two attached hydrogens (primary N) is 1. The molecule has 1 heterocycles. The normalized spacial score (nSPS) is 10.3. The number of nitrogens with zero attached hydrogens (tertiary/aromatic N) is 1. The number of hydrogen-bond donors (Lipinski definition) is 2. The minimum absolute atomic E-state index is 0.242. The standard InChI is InChI=1S/C21H21N3O3/c1-2-6-20(25)27-21-17(22)7-5-8-18(21)26-16-12-10-15(11-13-16)24-19-9-3-4-14-23-19/h3-5,7-14H,2,6,22H2,1H3,(H,23,24). The minimum Gasteiger partial charge on any atom is -0.453 e. The second-order valence-corrected chi connectivity index (χ2v) is 5.86. The smallest absolute Gasteiger partial charge is 0.311 e. The molecule has 3 rings (SSSR count). The molecule has 3 N–H and O–H groups in total. The Balaban J connectivity index is 1.73. The van der Waals surface area contributed by atoms with Gasteiger partial charge in [0.25, 0.3) is 0 Å². The van der Waals surface area contributed by atoms with E-state index in [4.69, 9.17) is 15.2 Å². The first kappa shape index (κ1) is 18.3. The summed E-state index contributed by atoms with van der Waals surface area (Å²) in [6, 6.07) is 18.2. The molecule has 27 heavy (non-hydrogen) atoms. The Morgan fingerprint density at radius 1 is 1.07 bits per heavy atom. The van der Waals surface area contributed by atoms with Crippen molar-refractivity contribution in [3.05, 3.63) is 66.9 Å². The molecule has 0 aliphatic heterocycles. The fourth-order valence-electron chi connectivity index (χ4n) is 2.41. The number of carbonyl (C=O) groups excluding carboxylic acids is 1. The van der Waals surface area contributed by atoms with E-state index in [-0.39, 0.29) is 11.7 Å². The van der Waals surface area contributed by atoms with Gasteiger partial charge in [0.15, 0.2) is 11.5 Å². The Bertz CT molecular complexity index is 896. The highest BCUT2D eigenvalue weighted by Gasteiger charge is 2.14. The third-order valence-electron chi connectivity index (χ3n) is 3.70. The maximum Gasteiger partial charge on any atom is 0.311 e. The molecule has 3 aromatic rings. The molecule has 6 heteroatoms. The lowest BCUT2D eigenvalue weighted by Gasteiger charge is -2.13. The molecule has 0 atom stereocenters. The lowest BCUT2D eigenvalue weighted by Crippen LogP contribution is -2.09. The van der Waals surface area contributed by atoms with E-state index in [9.17, 15) is 4.79 Å². The van der Waals surface area contributed by atoms with E-state index in [0.29, 0.717) is 30.0 Å². The molecular weight excluding hydrogens is 342 g/mol. The number of pyridine rings is 1. The van der Waals surface area contributed by atoms with Gasteiger partial charge < -0.3 is 20.5 Å². The van der Waals surface area contributed by atoms with Crippen LogP contribution in [0.2, 0.25) is 0 Å². The number of rotatable bonds is 7. The lowest BCUT2D eigenvalue weighted by molar-refractivity contribution is -0.134. The summed E-state index contributed by atoms with van der Waals surface area (Å²) in [5.41, 5.74) is 7.19. The van der Waals surface area contributed by atoms with E-state index >= 15 is 0 Å². The molecule has 0 radical (unpaired) electrons. The summed E-state index contributed by atoms with van der Waals surface area (Å²) in [6.07, 6.45) is 2.75. The fraction of sp³-hybridized carbons (Fsp3) is 0.143. The molecule has 0 saturated carbocycles. The van der Waals surface area contributed by atoms with Crippen LogP contribution in [0.4, 0.5) is 17.2 Å². The van der Waals surface area contributed by atoms with Gasteiger partial charge in [-0.3, -0.25) is 4.79 Å². The SMILES string of the molecule is CCCC(=O)Oc1c(N)cccc1Oc1ccc(Nc2ccccn2)cc1. The largest absolute Gasteiger partial charge is 0.453 e. The maximum absolute atomic E-state index is 11.8. The number of carbonyl (C=O) groups is 1. The summed E-state index contributed by atoms with van der Waals surface area (Å²) in [4.78, 5) is 16.1. The molecule has 0 saturated heterocycles. The summed E-state index contributed by atoms with van der Waals surface area (Å²) >= 11 is 0. The van der Waals surface area contributed by atoms with Gasteiger partial charge in [0, 0.05) is 18.3 Å². The lowest BCUT2D eigenvalue weighted by atomic mass is 10.2. The predicted molar refractivity (Wildman–Crippen MR) is 105 cm³/mol. The highest BCUT2D eigenvalue weighted by atomic mass is 16.6. The summed E-state index contributed by atoms with van der Waals surface area (Å²) < 4.78 is 11.3. The van der Waals surface area contributed by atoms with Crippen LogP contribution in [-0.4, -0.2) is 11.0 Å². The zero-order valence-electron chi connectivity index (χ0n) is 15.0. The zero-order valence-corrected chi connectivity index (χ0v) is 15.0. The van der Waals surface area contributed by atoms with E-state index in [1.165, 1.54) is 0 Å². The van der Waals surface area contributed by atoms with Crippen molar-refractivity contribution in [1.82, 2.24) is 4.98 Å². The van der Waals surface area contributed by atoms with E-state index in [1.54, 1.807) is 24.4 Å². The molecule has 0 aliphatic carbocycles. The van der Waals surface area contributed by atoms with Gasteiger partial charge in [-0.1, -0.05) is 19.1 Å². The average molecular weight is 363 g/mol. The van der Waals surface area contributed by atoms with Crippen LogP contribution in [-0.2, 0) is 4.79 Å². The number of esters is 1. The summed E-state index contributed by atoms with van der Waals surface area (Å²) in [5, 5.41) is 3.20.